The lowest BCUT2D eigenvalue weighted by atomic mass is 9.88. The summed E-state index contributed by atoms with van der Waals surface area (Å²) < 4.78 is 26.6. The first kappa shape index (κ1) is 16.3. The van der Waals surface area contributed by atoms with Crippen molar-refractivity contribution in [2.75, 3.05) is 12.8 Å². The molecule has 19 heavy (non-hydrogen) atoms. The minimum absolute atomic E-state index is 0.0183. The van der Waals surface area contributed by atoms with Gasteiger partial charge in [0.2, 0.25) is 10.0 Å². The van der Waals surface area contributed by atoms with E-state index in [-0.39, 0.29) is 27.1 Å². The van der Waals surface area contributed by atoms with E-state index in [2.05, 4.69) is 0 Å². The predicted molar refractivity (Wildman–Crippen MR) is 79.7 cm³/mol. The summed E-state index contributed by atoms with van der Waals surface area (Å²) >= 11 is 5.99. The molecule has 1 aromatic carbocycles. The number of nitrogens with two attached hydrogens (primary N) is 1. The highest BCUT2D eigenvalue weighted by atomic mass is 35.5. The Kier molecular flexibility index (Phi) is 4.55. The largest absolute Gasteiger partial charge is 0.398 e. The van der Waals surface area contributed by atoms with Gasteiger partial charge >= 0.3 is 0 Å². The van der Waals surface area contributed by atoms with Crippen molar-refractivity contribution in [2.24, 2.45) is 5.41 Å². The number of benzene rings is 1. The molecule has 1 rings (SSSR count). The van der Waals surface area contributed by atoms with Crippen LogP contribution >= 0.6 is 11.6 Å². The molecule has 0 aliphatic carbocycles. The summed E-state index contributed by atoms with van der Waals surface area (Å²) in [5.74, 6) is 0. The van der Waals surface area contributed by atoms with Gasteiger partial charge in [-0.15, -0.1) is 0 Å². The van der Waals surface area contributed by atoms with E-state index in [9.17, 15) is 8.42 Å². The van der Waals surface area contributed by atoms with Crippen LogP contribution in [0, 0.1) is 5.41 Å². The first-order valence-corrected chi connectivity index (χ1v) is 7.83. The van der Waals surface area contributed by atoms with E-state index in [0.29, 0.717) is 0 Å². The molecule has 0 spiro atoms. The molecular weight excluding hydrogens is 284 g/mol. The van der Waals surface area contributed by atoms with Crippen LogP contribution in [-0.4, -0.2) is 25.8 Å². The molecule has 0 amide bonds. The topological polar surface area (TPSA) is 63.4 Å². The van der Waals surface area contributed by atoms with Crippen molar-refractivity contribution in [1.29, 1.82) is 0 Å². The number of nitrogen functional groups attached to an aromatic ring is 1. The summed E-state index contributed by atoms with van der Waals surface area (Å²) in [7, 11) is -2.16. The van der Waals surface area contributed by atoms with Gasteiger partial charge in [-0.3, -0.25) is 0 Å². The molecule has 108 valence electrons. The van der Waals surface area contributed by atoms with E-state index in [1.165, 1.54) is 16.4 Å². The summed E-state index contributed by atoms with van der Waals surface area (Å²) in [6.45, 7) is 7.82. The predicted octanol–water partition coefficient (Wildman–Crippen LogP) is 2.98. The third kappa shape index (κ3) is 3.22. The Labute approximate surface area is 120 Å². The average molecular weight is 305 g/mol. The maximum atomic E-state index is 12.6. The van der Waals surface area contributed by atoms with Gasteiger partial charge in [0.05, 0.1) is 10.7 Å². The lowest BCUT2D eigenvalue weighted by Gasteiger charge is -2.34. The summed E-state index contributed by atoms with van der Waals surface area (Å²) in [4.78, 5) is -0.0183. The molecule has 0 radical (unpaired) electrons. The van der Waals surface area contributed by atoms with E-state index in [0.717, 1.165) is 0 Å². The Morgan fingerprint density at radius 3 is 2.26 bits per heavy atom. The molecule has 2 N–H and O–H groups in total. The van der Waals surface area contributed by atoms with Gasteiger partial charge in [-0.2, -0.15) is 4.31 Å². The zero-order chi connectivity index (χ0) is 15.0. The molecule has 0 aliphatic heterocycles. The minimum Gasteiger partial charge on any atom is -0.398 e. The fraction of sp³-hybridized carbons (Fsp3) is 0.538. The SMILES string of the molecule is CC(N(C)S(=O)(=O)c1c(N)cccc1Cl)C(C)(C)C. The second-order valence-electron chi connectivity index (χ2n) is 5.72. The Bertz CT molecular complexity index is 544. The second kappa shape index (κ2) is 5.31. The molecule has 0 aliphatic rings. The lowest BCUT2D eigenvalue weighted by Crippen LogP contribution is -2.43. The first-order chi connectivity index (χ1) is 8.49. The number of rotatable bonds is 3. The van der Waals surface area contributed by atoms with E-state index in [4.69, 9.17) is 17.3 Å². The maximum Gasteiger partial charge on any atom is 0.246 e. The normalized spacial score (nSPS) is 14.7. The fourth-order valence-corrected chi connectivity index (χ4v) is 3.87. The zero-order valence-corrected chi connectivity index (χ0v) is 13.5. The van der Waals surface area contributed by atoms with E-state index in [1.807, 2.05) is 27.7 Å². The maximum absolute atomic E-state index is 12.6. The minimum atomic E-state index is -3.71. The number of anilines is 1. The van der Waals surface area contributed by atoms with Gasteiger partial charge in [0.1, 0.15) is 4.90 Å². The molecule has 1 atom stereocenters. The number of hydrogen-bond acceptors (Lipinski definition) is 3. The van der Waals surface area contributed by atoms with Gasteiger partial charge in [-0.25, -0.2) is 8.42 Å². The van der Waals surface area contributed by atoms with Crippen molar-refractivity contribution >= 4 is 27.3 Å². The third-order valence-corrected chi connectivity index (χ3v) is 5.91. The highest BCUT2D eigenvalue weighted by Crippen LogP contribution is 2.33. The number of hydrogen-bond donors (Lipinski definition) is 1. The number of nitrogens with zero attached hydrogens (tertiary/aromatic N) is 1. The molecule has 0 bridgehead atoms. The number of sulfonamides is 1. The van der Waals surface area contributed by atoms with Crippen molar-refractivity contribution in [2.45, 2.75) is 38.6 Å². The molecule has 6 heteroatoms. The third-order valence-electron chi connectivity index (χ3n) is 3.43. The molecule has 1 aromatic rings. The van der Waals surface area contributed by atoms with Crippen molar-refractivity contribution in [3.8, 4) is 0 Å². The monoisotopic (exact) mass is 304 g/mol. The highest BCUT2D eigenvalue weighted by molar-refractivity contribution is 7.89. The molecule has 0 aromatic heterocycles. The molecule has 0 saturated carbocycles. The summed E-state index contributed by atoms with van der Waals surface area (Å²) in [5.41, 5.74) is 5.75. The van der Waals surface area contributed by atoms with Crippen LogP contribution in [0.5, 0.6) is 0 Å². The van der Waals surface area contributed by atoms with Crippen LogP contribution in [-0.2, 0) is 10.0 Å². The van der Waals surface area contributed by atoms with Gasteiger partial charge in [-0.05, 0) is 24.5 Å². The van der Waals surface area contributed by atoms with Gasteiger partial charge < -0.3 is 5.73 Å². The summed E-state index contributed by atoms with van der Waals surface area (Å²) in [5, 5.41) is 0.146. The van der Waals surface area contributed by atoms with Crippen molar-refractivity contribution in [3.05, 3.63) is 23.2 Å². The smallest absolute Gasteiger partial charge is 0.246 e. The van der Waals surface area contributed by atoms with Crippen LogP contribution in [0.3, 0.4) is 0 Å². The average Bonchev–Trinajstić information content (AvgIpc) is 2.25. The van der Waals surface area contributed by atoms with Crippen LogP contribution in [0.1, 0.15) is 27.7 Å². The van der Waals surface area contributed by atoms with Crippen LogP contribution < -0.4 is 5.73 Å². The van der Waals surface area contributed by atoms with Gasteiger partial charge in [0.15, 0.2) is 0 Å². The summed E-state index contributed by atoms with van der Waals surface area (Å²) in [6, 6.07) is 4.51. The summed E-state index contributed by atoms with van der Waals surface area (Å²) in [6.07, 6.45) is 0. The lowest BCUT2D eigenvalue weighted by molar-refractivity contribution is 0.216. The van der Waals surface area contributed by atoms with Gasteiger partial charge in [0.25, 0.3) is 0 Å². The van der Waals surface area contributed by atoms with Gasteiger partial charge in [-0.1, -0.05) is 38.4 Å². The molecule has 0 saturated heterocycles. The Morgan fingerprint density at radius 2 is 1.84 bits per heavy atom. The van der Waals surface area contributed by atoms with Crippen LogP contribution in [0.25, 0.3) is 0 Å². The van der Waals surface area contributed by atoms with Crippen LogP contribution in [0.15, 0.2) is 23.1 Å². The van der Waals surface area contributed by atoms with Gasteiger partial charge in [0, 0.05) is 13.1 Å². The second-order valence-corrected chi connectivity index (χ2v) is 8.06. The van der Waals surface area contributed by atoms with E-state index < -0.39 is 10.0 Å². The highest BCUT2D eigenvalue weighted by Gasteiger charge is 2.34. The molecule has 1 unspecified atom stereocenters. The quantitative estimate of drug-likeness (QED) is 0.873. The number of halogens is 1. The Hall–Kier alpha value is -0.780. The van der Waals surface area contributed by atoms with E-state index in [1.54, 1.807) is 13.1 Å². The molecule has 4 nitrogen and oxygen atoms in total. The molecule has 0 heterocycles. The van der Waals surface area contributed by atoms with Crippen molar-refractivity contribution in [1.82, 2.24) is 4.31 Å². The first-order valence-electron chi connectivity index (χ1n) is 6.01. The zero-order valence-electron chi connectivity index (χ0n) is 11.9. The fourth-order valence-electron chi connectivity index (χ4n) is 1.70. The van der Waals surface area contributed by atoms with E-state index >= 15 is 0 Å². The van der Waals surface area contributed by atoms with Crippen molar-refractivity contribution in [3.63, 3.8) is 0 Å². The van der Waals surface area contributed by atoms with Crippen LogP contribution in [0.2, 0.25) is 5.02 Å². The Morgan fingerprint density at radius 1 is 1.32 bits per heavy atom. The van der Waals surface area contributed by atoms with Crippen LogP contribution in [0.4, 0.5) is 5.69 Å². The Balaban J connectivity index is 3.33. The van der Waals surface area contributed by atoms with Crippen molar-refractivity contribution < 1.29 is 8.42 Å². The molecular formula is C13H21ClN2O2S. The molecule has 0 fully saturated rings. The standard InChI is InChI=1S/C13H21ClN2O2S/c1-9(13(2,3)4)16(5)19(17,18)12-10(14)7-6-8-11(12)15/h6-9H,15H2,1-5H3.